The van der Waals surface area contributed by atoms with Crippen LogP contribution in [0.2, 0.25) is 10.0 Å². The molecule has 5 heteroatoms. The van der Waals surface area contributed by atoms with Gasteiger partial charge in [0.25, 0.3) is 0 Å². The van der Waals surface area contributed by atoms with Crippen LogP contribution in [0.5, 0.6) is 0 Å². The van der Waals surface area contributed by atoms with Crippen LogP contribution in [0.4, 0.5) is 5.69 Å². The number of halogens is 2. The first-order valence-electron chi connectivity index (χ1n) is 5.97. The first kappa shape index (κ1) is 15.3. The molecule has 3 nitrogen and oxygen atoms in total. The number of benzene rings is 1. The highest BCUT2D eigenvalue weighted by molar-refractivity contribution is 6.35. The molecule has 0 aliphatic carbocycles. The summed E-state index contributed by atoms with van der Waals surface area (Å²) in [5.41, 5.74) is 6.09. The van der Waals surface area contributed by atoms with Gasteiger partial charge in [0.15, 0.2) is 0 Å². The molecule has 0 saturated carbocycles. The van der Waals surface area contributed by atoms with Crippen molar-refractivity contribution in [2.75, 3.05) is 11.9 Å². The van der Waals surface area contributed by atoms with Crippen molar-refractivity contribution in [2.45, 2.75) is 26.2 Å². The summed E-state index contributed by atoms with van der Waals surface area (Å²) in [5, 5.41) is 3.80. The average Bonchev–Trinajstić information content (AvgIpc) is 2.25. The minimum Gasteiger partial charge on any atom is -0.330 e. The van der Waals surface area contributed by atoms with Crippen LogP contribution in [-0.2, 0) is 4.79 Å². The fourth-order valence-corrected chi connectivity index (χ4v) is 2.18. The Balaban J connectivity index is 2.44. The molecule has 18 heavy (non-hydrogen) atoms. The first-order chi connectivity index (χ1) is 8.51. The van der Waals surface area contributed by atoms with Gasteiger partial charge < -0.3 is 11.1 Å². The number of nitrogens with two attached hydrogens (primary N) is 1. The maximum Gasteiger partial charge on any atom is 0.224 e. The smallest absolute Gasteiger partial charge is 0.224 e. The van der Waals surface area contributed by atoms with Crippen molar-refractivity contribution in [3.05, 3.63) is 28.2 Å². The zero-order chi connectivity index (χ0) is 13.5. The maximum absolute atomic E-state index is 11.7. The van der Waals surface area contributed by atoms with Crippen LogP contribution >= 0.6 is 23.2 Å². The van der Waals surface area contributed by atoms with Gasteiger partial charge in [-0.05, 0) is 43.5 Å². The zero-order valence-corrected chi connectivity index (χ0v) is 11.9. The molecule has 0 bridgehead atoms. The number of carbonyl (C=O) groups is 1. The van der Waals surface area contributed by atoms with Crippen molar-refractivity contribution >= 4 is 34.8 Å². The fourth-order valence-electron chi connectivity index (χ4n) is 1.66. The Morgan fingerprint density at radius 3 is 2.44 bits per heavy atom. The van der Waals surface area contributed by atoms with E-state index in [0.717, 1.165) is 12.8 Å². The number of rotatable bonds is 6. The van der Waals surface area contributed by atoms with Gasteiger partial charge in [0.05, 0.1) is 0 Å². The van der Waals surface area contributed by atoms with Crippen molar-refractivity contribution < 1.29 is 4.79 Å². The van der Waals surface area contributed by atoms with Crippen molar-refractivity contribution in [1.29, 1.82) is 0 Å². The summed E-state index contributed by atoms with van der Waals surface area (Å²) in [6.45, 7) is 2.75. The van der Waals surface area contributed by atoms with Gasteiger partial charge in [-0.2, -0.15) is 0 Å². The lowest BCUT2D eigenvalue weighted by atomic mass is 10.0. The normalized spacial score (nSPS) is 12.2. The largest absolute Gasteiger partial charge is 0.330 e. The predicted molar refractivity (Wildman–Crippen MR) is 77.2 cm³/mol. The molecule has 0 heterocycles. The van der Waals surface area contributed by atoms with E-state index in [1.807, 2.05) is 0 Å². The molecule has 1 atom stereocenters. The van der Waals surface area contributed by atoms with Gasteiger partial charge in [0.1, 0.15) is 0 Å². The summed E-state index contributed by atoms with van der Waals surface area (Å²) >= 11 is 11.7. The highest BCUT2D eigenvalue weighted by atomic mass is 35.5. The molecular formula is C13H18Cl2N2O. The highest BCUT2D eigenvalue weighted by Gasteiger charge is 2.07. The van der Waals surface area contributed by atoms with Gasteiger partial charge in [0, 0.05) is 22.2 Å². The predicted octanol–water partition coefficient (Wildman–Crippen LogP) is 3.70. The van der Waals surface area contributed by atoms with Crippen molar-refractivity contribution in [1.82, 2.24) is 0 Å². The van der Waals surface area contributed by atoms with E-state index >= 15 is 0 Å². The fraction of sp³-hybridized carbons (Fsp3) is 0.462. The standard InChI is InChI=1S/C13H18Cl2N2O/c1-9(4-5-16)2-3-13(18)17-12-7-10(14)6-11(15)8-12/h6-9H,2-5,16H2,1H3,(H,17,18). The van der Waals surface area contributed by atoms with Crippen LogP contribution in [0.15, 0.2) is 18.2 Å². The zero-order valence-electron chi connectivity index (χ0n) is 10.4. The Bertz CT molecular complexity index is 390. The molecule has 1 aromatic rings. The van der Waals surface area contributed by atoms with Crippen LogP contribution in [0.1, 0.15) is 26.2 Å². The summed E-state index contributed by atoms with van der Waals surface area (Å²) in [5.74, 6) is 0.431. The van der Waals surface area contributed by atoms with E-state index in [9.17, 15) is 4.79 Å². The van der Waals surface area contributed by atoms with Gasteiger partial charge in [-0.25, -0.2) is 0 Å². The summed E-state index contributed by atoms with van der Waals surface area (Å²) in [6, 6.07) is 4.98. The third-order valence-corrected chi connectivity index (χ3v) is 3.11. The number of hydrogen-bond donors (Lipinski definition) is 2. The Labute approximate surface area is 118 Å². The van der Waals surface area contributed by atoms with E-state index in [2.05, 4.69) is 12.2 Å². The summed E-state index contributed by atoms with van der Waals surface area (Å²) in [7, 11) is 0. The van der Waals surface area contributed by atoms with Crippen molar-refractivity contribution in [2.24, 2.45) is 11.7 Å². The molecule has 0 radical (unpaired) electrons. The molecule has 1 amide bonds. The van der Waals surface area contributed by atoms with E-state index < -0.39 is 0 Å². The quantitative estimate of drug-likeness (QED) is 0.839. The van der Waals surface area contributed by atoms with E-state index in [1.165, 1.54) is 0 Å². The number of carbonyl (C=O) groups excluding carboxylic acids is 1. The molecule has 100 valence electrons. The molecule has 3 N–H and O–H groups in total. The van der Waals surface area contributed by atoms with Gasteiger partial charge in [0.2, 0.25) is 5.91 Å². The SMILES string of the molecule is CC(CCN)CCC(=O)Nc1cc(Cl)cc(Cl)c1. The molecule has 0 aliphatic heterocycles. The van der Waals surface area contributed by atoms with E-state index in [1.54, 1.807) is 18.2 Å². The molecule has 1 aromatic carbocycles. The maximum atomic E-state index is 11.7. The van der Waals surface area contributed by atoms with Gasteiger partial charge in [-0.1, -0.05) is 30.1 Å². The second-order valence-corrected chi connectivity index (χ2v) is 5.30. The molecule has 0 aliphatic rings. The second-order valence-electron chi connectivity index (χ2n) is 4.43. The van der Waals surface area contributed by atoms with Gasteiger partial charge in [-0.3, -0.25) is 4.79 Å². The molecule has 1 rings (SSSR count). The average molecular weight is 289 g/mol. The molecule has 0 aromatic heterocycles. The van der Waals surface area contributed by atoms with E-state index in [4.69, 9.17) is 28.9 Å². The first-order valence-corrected chi connectivity index (χ1v) is 6.73. The monoisotopic (exact) mass is 288 g/mol. The molecule has 0 saturated heterocycles. The minimum absolute atomic E-state index is 0.0304. The third kappa shape index (κ3) is 5.71. The molecular weight excluding hydrogens is 271 g/mol. The second kappa shape index (κ2) is 7.62. The Morgan fingerprint density at radius 2 is 1.89 bits per heavy atom. The number of amides is 1. The van der Waals surface area contributed by atoms with E-state index in [-0.39, 0.29) is 5.91 Å². The highest BCUT2D eigenvalue weighted by Crippen LogP contribution is 2.22. The minimum atomic E-state index is -0.0304. The van der Waals surface area contributed by atoms with E-state index in [0.29, 0.717) is 34.6 Å². The number of nitrogens with one attached hydrogen (secondary N) is 1. The lowest BCUT2D eigenvalue weighted by Crippen LogP contribution is -2.14. The lowest BCUT2D eigenvalue weighted by molar-refractivity contribution is -0.116. The van der Waals surface area contributed by atoms with Crippen LogP contribution in [-0.4, -0.2) is 12.5 Å². The Kier molecular flexibility index (Phi) is 6.47. The summed E-state index contributed by atoms with van der Waals surface area (Å²) in [4.78, 5) is 11.7. The molecule has 0 fully saturated rings. The van der Waals surface area contributed by atoms with Gasteiger partial charge in [-0.15, -0.1) is 0 Å². The molecule has 1 unspecified atom stereocenters. The van der Waals surface area contributed by atoms with Crippen molar-refractivity contribution in [3.8, 4) is 0 Å². The topological polar surface area (TPSA) is 55.1 Å². The van der Waals surface area contributed by atoms with Crippen LogP contribution in [0.25, 0.3) is 0 Å². The number of hydrogen-bond acceptors (Lipinski definition) is 2. The van der Waals surface area contributed by atoms with Gasteiger partial charge >= 0.3 is 0 Å². The Morgan fingerprint density at radius 1 is 1.28 bits per heavy atom. The number of anilines is 1. The molecule has 0 spiro atoms. The van der Waals surface area contributed by atoms with Crippen LogP contribution < -0.4 is 11.1 Å². The lowest BCUT2D eigenvalue weighted by Gasteiger charge is -2.10. The van der Waals surface area contributed by atoms with Crippen LogP contribution in [0.3, 0.4) is 0 Å². The third-order valence-electron chi connectivity index (χ3n) is 2.67. The Hall–Kier alpha value is -0.770. The summed E-state index contributed by atoms with van der Waals surface area (Å²) in [6.07, 6.45) is 2.25. The van der Waals surface area contributed by atoms with Crippen molar-refractivity contribution in [3.63, 3.8) is 0 Å². The summed E-state index contributed by atoms with van der Waals surface area (Å²) < 4.78 is 0. The van der Waals surface area contributed by atoms with Crippen LogP contribution in [0, 0.1) is 5.92 Å².